The van der Waals surface area contributed by atoms with Crippen molar-refractivity contribution in [3.05, 3.63) is 64.6 Å². The van der Waals surface area contributed by atoms with Gasteiger partial charge in [0.2, 0.25) is 5.91 Å². The lowest BCUT2D eigenvalue weighted by molar-refractivity contribution is -0.117. The molecule has 2 aromatic rings. The highest BCUT2D eigenvalue weighted by molar-refractivity contribution is 9.10. The van der Waals surface area contributed by atoms with Gasteiger partial charge in [0, 0.05) is 10.2 Å². The Hall–Kier alpha value is -1.61. The molecule has 0 aliphatic carbocycles. The molecule has 98 valence electrons. The summed E-state index contributed by atoms with van der Waals surface area (Å²) in [5, 5.41) is 2.96. The first-order valence-corrected chi connectivity index (χ1v) is 7.11. The second-order valence-electron chi connectivity index (χ2n) is 4.37. The monoisotopic (exact) mass is 317 g/mol. The van der Waals surface area contributed by atoms with Crippen molar-refractivity contribution >= 4 is 27.5 Å². The molecule has 0 radical (unpaired) electrons. The van der Waals surface area contributed by atoms with Gasteiger partial charge in [-0.1, -0.05) is 53.2 Å². The largest absolute Gasteiger partial charge is 0.326 e. The highest BCUT2D eigenvalue weighted by atomic mass is 79.9. The van der Waals surface area contributed by atoms with E-state index in [1.54, 1.807) is 0 Å². The molecule has 1 N–H and O–H groups in total. The summed E-state index contributed by atoms with van der Waals surface area (Å²) in [6.45, 7) is 2.03. The summed E-state index contributed by atoms with van der Waals surface area (Å²) in [7, 11) is 0. The van der Waals surface area contributed by atoms with E-state index in [4.69, 9.17) is 0 Å². The zero-order valence-electron chi connectivity index (χ0n) is 10.8. The van der Waals surface area contributed by atoms with Crippen molar-refractivity contribution in [1.29, 1.82) is 0 Å². The molecular formula is C16H16BrNO. The lowest BCUT2D eigenvalue weighted by Crippen LogP contribution is -2.20. The molecule has 0 saturated heterocycles. The van der Waals surface area contributed by atoms with Crippen LogP contribution in [-0.2, 0) is 4.79 Å². The predicted molar refractivity (Wildman–Crippen MR) is 82.2 cm³/mol. The van der Waals surface area contributed by atoms with Gasteiger partial charge >= 0.3 is 0 Å². The number of benzene rings is 2. The van der Waals surface area contributed by atoms with E-state index in [0.29, 0.717) is 0 Å². The van der Waals surface area contributed by atoms with Crippen LogP contribution in [0.5, 0.6) is 0 Å². The quantitative estimate of drug-likeness (QED) is 0.878. The number of nitrogens with one attached hydrogen (secondary N) is 1. The lowest BCUT2D eigenvalue weighted by Gasteiger charge is -2.15. The standard InChI is InChI=1S/C16H16BrNO/c1-2-15(12-6-4-3-5-7-12)16(19)18-14-10-8-13(17)9-11-14/h3-11,15H,2H2,1H3,(H,18,19)/t15-/m0/s1. The van der Waals surface area contributed by atoms with Gasteiger partial charge in [-0.05, 0) is 36.2 Å². The summed E-state index contributed by atoms with van der Waals surface area (Å²) in [6, 6.07) is 17.5. The van der Waals surface area contributed by atoms with E-state index >= 15 is 0 Å². The second kappa shape index (κ2) is 6.53. The number of rotatable bonds is 4. The average Bonchev–Trinajstić information content (AvgIpc) is 2.43. The Morgan fingerprint density at radius 3 is 2.32 bits per heavy atom. The van der Waals surface area contributed by atoms with Gasteiger partial charge in [0.15, 0.2) is 0 Å². The molecule has 2 rings (SSSR count). The fraction of sp³-hybridized carbons (Fsp3) is 0.188. The summed E-state index contributed by atoms with van der Waals surface area (Å²) in [6.07, 6.45) is 0.784. The van der Waals surface area contributed by atoms with Crippen molar-refractivity contribution in [3.63, 3.8) is 0 Å². The van der Waals surface area contributed by atoms with Crippen molar-refractivity contribution in [1.82, 2.24) is 0 Å². The van der Waals surface area contributed by atoms with Gasteiger partial charge in [-0.3, -0.25) is 4.79 Å². The highest BCUT2D eigenvalue weighted by Gasteiger charge is 2.18. The minimum Gasteiger partial charge on any atom is -0.326 e. The molecule has 0 bridgehead atoms. The van der Waals surface area contributed by atoms with Crippen molar-refractivity contribution in [2.24, 2.45) is 0 Å². The van der Waals surface area contributed by atoms with Gasteiger partial charge in [-0.15, -0.1) is 0 Å². The predicted octanol–water partition coefficient (Wildman–Crippen LogP) is 4.58. The van der Waals surface area contributed by atoms with Gasteiger partial charge in [-0.25, -0.2) is 0 Å². The van der Waals surface area contributed by atoms with E-state index in [1.165, 1.54) is 0 Å². The Morgan fingerprint density at radius 2 is 1.74 bits per heavy atom. The third kappa shape index (κ3) is 3.67. The molecule has 1 amide bonds. The summed E-state index contributed by atoms with van der Waals surface area (Å²) >= 11 is 3.38. The number of carbonyl (C=O) groups excluding carboxylic acids is 1. The molecule has 0 aromatic heterocycles. The Labute approximate surface area is 122 Å². The van der Waals surface area contributed by atoms with Gasteiger partial charge < -0.3 is 5.32 Å². The van der Waals surface area contributed by atoms with Gasteiger partial charge in [0.05, 0.1) is 5.92 Å². The Kier molecular flexibility index (Phi) is 4.74. The average molecular weight is 318 g/mol. The first-order chi connectivity index (χ1) is 9.20. The first-order valence-electron chi connectivity index (χ1n) is 6.32. The summed E-state index contributed by atoms with van der Waals surface area (Å²) in [4.78, 5) is 12.3. The van der Waals surface area contributed by atoms with Crippen LogP contribution in [0.2, 0.25) is 0 Å². The Morgan fingerprint density at radius 1 is 1.11 bits per heavy atom. The summed E-state index contributed by atoms with van der Waals surface area (Å²) in [5.74, 6) is -0.0686. The van der Waals surface area contributed by atoms with Crippen LogP contribution >= 0.6 is 15.9 Å². The van der Waals surface area contributed by atoms with Gasteiger partial charge in [0.25, 0.3) is 0 Å². The van der Waals surface area contributed by atoms with E-state index < -0.39 is 0 Å². The van der Waals surface area contributed by atoms with E-state index in [9.17, 15) is 4.79 Å². The molecule has 2 nitrogen and oxygen atoms in total. The molecule has 0 aliphatic heterocycles. The molecule has 19 heavy (non-hydrogen) atoms. The number of amides is 1. The molecule has 0 saturated carbocycles. The molecule has 1 atom stereocenters. The zero-order valence-corrected chi connectivity index (χ0v) is 12.4. The van der Waals surface area contributed by atoms with Crippen molar-refractivity contribution in [3.8, 4) is 0 Å². The topological polar surface area (TPSA) is 29.1 Å². The molecule has 0 heterocycles. The third-order valence-corrected chi connectivity index (χ3v) is 3.57. The van der Waals surface area contributed by atoms with Crippen LogP contribution in [0.25, 0.3) is 0 Å². The van der Waals surface area contributed by atoms with Crippen LogP contribution in [0.3, 0.4) is 0 Å². The maximum absolute atomic E-state index is 12.3. The van der Waals surface area contributed by atoms with Crippen molar-refractivity contribution < 1.29 is 4.79 Å². The molecule has 0 fully saturated rings. The van der Waals surface area contributed by atoms with E-state index in [0.717, 1.165) is 22.1 Å². The fourth-order valence-electron chi connectivity index (χ4n) is 2.02. The number of anilines is 1. The molecule has 2 aromatic carbocycles. The van der Waals surface area contributed by atoms with Crippen LogP contribution < -0.4 is 5.32 Å². The maximum atomic E-state index is 12.3. The SMILES string of the molecule is CC[C@H](C(=O)Nc1ccc(Br)cc1)c1ccccc1. The minimum atomic E-state index is -0.107. The molecular weight excluding hydrogens is 302 g/mol. The first kappa shape index (κ1) is 13.8. The summed E-state index contributed by atoms with van der Waals surface area (Å²) < 4.78 is 1.00. The fourth-order valence-corrected chi connectivity index (χ4v) is 2.28. The van der Waals surface area contributed by atoms with E-state index in [-0.39, 0.29) is 11.8 Å². The smallest absolute Gasteiger partial charge is 0.231 e. The van der Waals surface area contributed by atoms with E-state index in [2.05, 4.69) is 21.2 Å². The maximum Gasteiger partial charge on any atom is 0.231 e. The van der Waals surface area contributed by atoms with E-state index in [1.807, 2.05) is 61.5 Å². The molecule has 0 aliphatic rings. The van der Waals surface area contributed by atoms with Gasteiger partial charge in [0.1, 0.15) is 0 Å². The van der Waals surface area contributed by atoms with Crippen LogP contribution in [0.4, 0.5) is 5.69 Å². The van der Waals surface area contributed by atoms with Crippen LogP contribution in [-0.4, -0.2) is 5.91 Å². The third-order valence-electron chi connectivity index (χ3n) is 3.04. The Balaban J connectivity index is 2.11. The zero-order chi connectivity index (χ0) is 13.7. The number of hydrogen-bond acceptors (Lipinski definition) is 1. The molecule has 0 spiro atoms. The summed E-state index contributed by atoms with van der Waals surface area (Å²) in [5.41, 5.74) is 1.88. The highest BCUT2D eigenvalue weighted by Crippen LogP contribution is 2.22. The van der Waals surface area contributed by atoms with Crippen LogP contribution in [0.1, 0.15) is 24.8 Å². The second-order valence-corrected chi connectivity index (χ2v) is 5.28. The van der Waals surface area contributed by atoms with Crippen molar-refractivity contribution in [2.75, 3.05) is 5.32 Å². The normalized spacial score (nSPS) is 11.9. The van der Waals surface area contributed by atoms with Gasteiger partial charge in [-0.2, -0.15) is 0 Å². The number of hydrogen-bond donors (Lipinski definition) is 1. The molecule has 3 heteroatoms. The number of halogens is 1. The van der Waals surface area contributed by atoms with Crippen molar-refractivity contribution in [2.45, 2.75) is 19.3 Å². The minimum absolute atomic E-state index is 0.0380. The Bertz CT molecular complexity index is 536. The van der Waals surface area contributed by atoms with Crippen LogP contribution in [0.15, 0.2) is 59.1 Å². The lowest BCUT2D eigenvalue weighted by atomic mass is 9.95. The molecule has 0 unspecified atom stereocenters. The number of carbonyl (C=O) groups is 1. The van der Waals surface area contributed by atoms with Crippen LogP contribution in [0, 0.1) is 0 Å².